The number of carbonyl (C=O) groups excluding carboxylic acids is 2. The molecular formula is C14H16N2O2. The van der Waals surface area contributed by atoms with Crippen LogP contribution in [0.1, 0.15) is 46.9 Å². The first-order valence-electron chi connectivity index (χ1n) is 6.48. The van der Waals surface area contributed by atoms with Gasteiger partial charge in [0, 0.05) is 12.6 Å². The van der Waals surface area contributed by atoms with E-state index in [4.69, 9.17) is 0 Å². The van der Waals surface area contributed by atoms with Gasteiger partial charge in [0.15, 0.2) is 0 Å². The number of amides is 2. The van der Waals surface area contributed by atoms with Crippen LogP contribution in [0.2, 0.25) is 0 Å². The quantitative estimate of drug-likeness (QED) is 0.601. The second-order valence-electron chi connectivity index (χ2n) is 4.89. The van der Waals surface area contributed by atoms with Crippen molar-refractivity contribution in [3.05, 3.63) is 35.4 Å². The van der Waals surface area contributed by atoms with E-state index in [9.17, 15) is 9.59 Å². The average Bonchev–Trinajstić information content (AvgIpc) is 3.10. The van der Waals surface area contributed by atoms with Gasteiger partial charge in [-0.25, -0.2) is 10.0 Å². The molecule has 94 valence electrons. The Hall–Kier alpha value is -1.68. The molecule has 0 aromatic heterocycles. The fourth-order valence-corrected chi connectivity index (χ4v) is 2.50. The van der Waals surface area contributed by atoms with E-state index in [1.54, 1.807) is 24.3 Å². The number of imide groups is 1. The number of unbranched alkanes of at least 4 members (excludes halogenated alkanes) is 1. The van der Waals surface area contributed by atoms with Crippen LogP contribution in [0.4, 0.5) is 0 Å². The topological polar surface area (TPSA) is 40.4 Å². The zero-order chi connectivity index (χ0) is 12.7. The van der Waals surface area contributed by atoms with E-state index in [1.807, 2.05) is 5.01 Å². The molecular weight excluding hydrogens is 228 g/mol. The minimum atomic E-state index is -0.172. The molecule has 1 saturated heterocycles. The monoisotopic (exact) mass is 244 g/mol. The molecule has 0 bridgehead atoms. The largest absolute Gasteiger partial charge is 0.276 e. The van der Waals surface area contributed by atoms with Gasteiger partial charge in [0.1, 0.15) is 0 Å². The molecule has 1 aromatic carbocycles. The fourth-order valence-electron chi connectivity index (χ4n) is 2.50. The Kier molecular flexibility index (Phi) is 2.67. The number of fused-ring (bicyclic) bond motifs is 1. The van der Waals surface area contributed by atoms with Gasteiger partial charge in [-0.15, -0.1) is 0 Å². The first-order valence-corrected chi connectivity index (χ1v) is 6.48. The van der Waals surface area contributed by atoms with Crippen molar-refractivity contribution in [3.63, 3.8) is 0 Å². The van der Waals surface area contributed by atoms with Crippen molar-refractivity contribution in [2.75, 3.05) is 6.54 Å². The standard InChI is InChI=1S/C14H16N2O2/c1-2-3-6-10-9-15(10)16-13(17)11-7-4-5-8-12(11)14(16)18/h4-5,7-8,10H,2-3,6,9H2,1H3. The molecule has 2 aliphatic rings. The van der Waals surface area contributed by atoms with Crippen LogP contribution in [0.25, 0.3) is 0 Å². The van der Waals surface area contributed by atoms with Crippen LogP contribution in [0, 0.1) is 0 Å². The molecule has 2 atom stereocenters. The van der Waals surface area contributed by atoms with Gasteiger partial charge in [0.25, 0.3) is 11.8 Å². The normalized spacial score (nSPS) is 25.5. The molecule has 4 nitrogen and oxygen atoms in total. The first kappa shape index (κ1) is 11.4. The second kappa shape index (κ2) is 4.21. The molecule has 2 unspecified atom stereocenters. The van der Waals surface area contributed by atoms with E-state index in [0.29, 0.717) is 17.2 Å². The van der Waals surface area contributed by atoms with Crippen LogP contribution in [-0.2, 0) is 0 Å². The Morgan fingerprint density at radius 3 is 2.33 bits per heavy atom. The summed E-state index contributed by atoms with van der Waals surface area (Å²) in [5.41, 5.74) is 1.06. The summed E-state index contributed by atoms with van der Waals surface area (Å²) >= 11 is 0. The van der Waals surface area contributed by atoms with Gasteiger partial charge < -0.3 is 0 Å². The molecule has 2 amide bonds. The Balaban J connectivity index is 1.78. The molecule has 0 N–H and O–H groups in total. The summed E-state index contributed by atoms with van der Waals surface area (Å²) in [4.78, 5) is 24.3. The highest BCUT2D eigenvalue weighted by Crippen LogP contribution is 2.32. The van der Waals surface area contributed by atoms with Crippen LogP contribution >= 0.6 is 0 Å². The number of hydrazine groups is 1. The third-order valence-corrected chi connectivity index (χ3v) is 3.61. The summed E-state index contributed by atoms with van der Waals surface area (Å²) in [5, 5.41) is 3.21. The maximum Gasteiger partial charge on any atom is 0.276 e. The summed E-state index contributed by atoms with van der Waals surface area (Å²) in [5.74, 6) is -0.343. The van der Waals surface area contributed by atoms with Gasteiger partial charge in [-0.3, -0.25) is 9.59 Å². The van der Waals surface area contributed by atoms with Crippen molar-refractivity contribution in [1.29, 1.82) is 0 Å². The molecule has 0 spiro atoms. The zero-order valence-corrected chi connectivity index (χ0v) is 10.4. The van der Waals surface area contributed by atoms with Crippen LogP contribution in [0.15, 0.2) is 24.3 Å². The van der Waals surface area contributed by atoms with Gasteiger partial charge in [0.2, 0.25) is 0 Å². The third-order valence-electron chi connectivity index (χ3n) is 3.61. The maximum absolute atomic E-state index is 12.2. The molecule has 2 heterocycles. The van der Waals surface area contributed by atoms with Crippen molar-refractivity contribution in [2.24, 2.45) is 0 Å². The van der Waals surface area contributed by atoms with Gasteiger partial charge in [0.05, 0.1) is 11.1 Å². The van der Waals surface area contributed by atoms with Crippen molar-refractivity contribution in [2.45, 2.75) is 32.2 Å². The number of rotatable bonds is 4. The van der Waals surface area contributed by atoms with Gasteiger partial charge in [-0.05, 0) is 18.6 Å². The maximum atomic E-state index is 12.2. The van der Waals surface area contributed by atoms with Crippen LogP contribution in [0.3, 0.4) is 0 Å². The van der Waals surface area contributed by atoms with Gasteiger partial charge in [-0.1, -0.05) is 31.9 Å². The number of hydrogen-bond acceptors (Lipinski definition) is 3. The first-order chi connectivity index (χ1) is 8.74. The van der Waals surface area contributed by atoms with E-state index in [0.717, 1.165) is 25.8 Å². The van der Waals surface area contributed by atoms with Crippen molar-refractivity contribution < 1.29 is 9.59 Å². The Morgan fingerprint density at radius 2 is 1.78 bits per heavy atom. The molecule has 0 saturated carbocycles. The summed E-state index contributed by atoms with van der Waals surface area (Å²) in [6.45, 7) is 2.97. The lowest BCUT2D eigenvalue weighted by Crippen LogP contribution is -2.36. The van der Waals surface area contributed by atoms with E-state index < -0.39 is 0 Å². The van der Waals surface area contributed by atoms with Crippen molar-refractivity contribution >= 4 is 11.8 Å². The Bertz CT molecular complexity index is 477. The number of carbonyl (C=O) groups is 2. The summed E-state index contributed by atoms with van der Waals surface area (Å²) in [6.07, 6.45) is 3.35. The predicted octanol–water partition coefficient (Wildman–Crippen LogP) is 2.07. The lowest BCUT2D eigenvalue weighted by atomic mass is 10.1. The smallest absolute Gasteiger partial charge is 0.267 e. The van der Waals surface area contributed by atoms with E-state index in [1.165, 1.54) is 5.01 Å². The van der Waals surface area contributed by atoms with Crippen LogP contribution in [0.5, 0.6) is 0 Å². The molecule has 0 aliphatic carbocycles. The number of benzene rings is 1. The summed E-state index contributed by atoms with van der Waals surface area (Å²) in [6, 6.07) is 7.40. The highest BCUT2D eigenvalue weighted by molar-refractivity contribution is 6.21. The molecule has 1 fully saturated rings. The van der Waals surface area contributed by atoms with Crippen molar-refractivity contribution in [1.82, 2.24) is 10.0 Å². The lowest BCUT2D eigenvalue weighted by molar-refractivity contribution is 0.0367. The number of hydrogen-bond donors (Lipinski definition) is 0. The van der Waals surface area contributed by atoms with E-state index >= 15 is 0 Å². The van der Waals surface area contributed by atoms with E-state index in [2.05, 4.69) is 6.92 Å². The summed E-state index contributed by atoms with van der Waals surface area (Å²) < 4.78 is 0. The Morgan fingerprint density at radius 1 is 1.17 bits per heavy atom. The van der Waals surface area contributed by atoms with Gasteiger partial charge >= 0.3 is 0 Å². The summed E-state index contributed by atoms with van der Waals surface area (Å²) in [7, 11) is 0. The zero-order valence-electron chi connectivity index (χ0n) is 10.4. The fraction of sp³-hybridized carbons (Fsp3) is 0.429. The molecule has 3 rings (SSSR count). The molecule has 18 heavy (non-hydrogen) atoms. The average molecular weight is 244 g/mol. The van der Waals surface area contributed by atoms with Crippen molar-refractivity contribution in [3.8, 4) is 0 Å². The minimum Gasteiger partial charge on any atom is -0.267 e. The third kappa shape index (κ3) is 1.64. The Labute approximate surface area is 106 Å². The highest BCUT2D eigenvalue weighted by Gasteiger charge is 2.48. The molecule has 4 heteroatoms. The molecule has 2 aliphatic heterocycles. The number of nitrogens with zero attached hydrogens (tertiary/aromatic N) is 2. The minimum absolute atomic E-state index is 0.172. The molecule has 1 aromatic rings. The van der Waals surface area contributed by atoms with Crippen LogP contribution < -0.4 is 0 Å². The van der Waals surface area contributed by atoms with Crippen LogP contribution in [-0.4, -0.2) is 34.4 Å². The second-order valence-corrected chi connectivity index (χ2v) is 4.89. The highest BCUT2D eigenvalue weighted by atomic mass is 16.2. The predicted molar refractivity (Wildman–Crippen MR) is 67.0 cm³/mol. The lowest BCUT2D eigenvalue weighted by Gasteiger charge is -2.15. The molecule has 0 radical (unpaired) electrons. The SMILES string of the molecule is CCCCC1CN1N1C(=O)c2ccccc2C1=O. The van der Waals surface area contributed by atoms with Gasteiger partial charge in [-0.2, -0.15) is 0 Å². The van der Waals surface area contributed by atoms with E-state index in [-0.39, 0.29) is 11.8 Å².